The Labute approximate surface area is 94.8 Å². The summed E-state index contributed by atoms with van der Waals surface area (Å²) in [5.41, 5.74) is 4.47. The minimum atomic E-state index is 1.24. The van der Waals surface area contributed by atoms with Crippen LogP contribution < -0.4 is 0 Å². The zero-order valence-electron chi connectivity index (χ0n) is 10.5. The van der Waals surface area contributed by atoms with Gasteiger partial charge in [0.15, 0.2) is 0 Å². The molecule has 0 unspecified atom stereocenters. The maximum Gasteiger partial charge on any atom is -0.0317 e. The number of rotatable bonds is 0. The van der Waals surface area contributed by atoms with Gasteiger partial charge in [-0.1, -0.05) is 36.6 Å². The minimum Gasteiger partial charge on any atom is -0.0845 e. The molecular formula is C15H24. The molecule has 0 aromatic carbocycles. The molecule has 0 radical (unpaired) electrons. The van der Waals surface area contributed by atoms with Gasteiger partial charge in [0.25, 0.3) is 0 Å². The lowest BCUT2D eigenvalue weighted by Gasteiger charge is -2.09. The highest BCUT2D eigenvalue weighted by Gasteiger charge is 2.00. The van der Waals surface area contributed by atoms with E-state index >= 15 is 0 Å². The molecule has 0 fully saturated rings. The first-order chi connectivity index (χ1) is 7.22. The quantitative estimate of drug-likeness (QED) is 0.510. The first kappa shape index (κ1) is 12.3. The fourth-order valence-electron chi connectivity index (χ4n) is 1.96. The fourth-order valence-corrected chi connectivity index (χ4v) is 1.96. The van der Waals surface area contributed by atoms with Crippen molar-refractivity contribution < 1.29 is 0 Å². The van der Waals surface area contributed by atoms with Crippen LogP contribution in [0.2, 0.25) is 0 Å². The second kappa shape index (κ2) is 6.66. The lowest BCUT2D eigenvalue weighted by molar-refractivity contribution is 0.642. The van der Waals surface area contributed by atoms with Crippen LogP contribution in [0, 0.1) is 0 Å². The Morgan fingerprint density at radius 1 is 0.933 bits per heavy atom. The Kier molecular flexibility index (Phi) is 5.45. The summed E-state index contributed by atoms with van der Waals surface area (Å²) >= 11 is 0. The number of hydrogen-bond donors (Lipinski definition) is 0. The smallest absolute Gasteiger partial charge is 0.0317 e. The first-order valence-corrected chi connectivity index (χ1v) is 6.22. The van der Waals surface area contributed by atoms with Crippen molar-refractivity contribution in [3.05, 3.63) is 34.9 Å². The zero-order chi connectivity index (χ0) is 11.1. The van der Waals surface area contributed by atoms with E-state index in [0.29, 0.717) is 0 Å². The predicted molar refractivity (Wildman–Crippen MR) is 69.0 cm³/mol. The second-order valence-electron chi connectivity index (χ2n) is 4.64. The highest BCUT2D eigenvalue weighted by Crippen LogP contribution is 2.20. The molecule has 0 saturated heterocycles. The SMILES string of the molecule is C/C1=C(C)/C(C)=C/C=C\CCCCCC1. The summed E-state index contributed by atoms with van der Waals surface area (Å²) in [5, 5.41) is 0. The van der Waals surface area contributed by atoms with E-state index in [4.69, 9.17) is 0 Å². The molecule has 1 rings (SSSR count). The summed E-state index contributed by atoms with van der Waals surface area (Å²) in [5.74, 6) is 0. The summed E-state index contributed by atoms with van der Waals surface area (Å²) in [7, 11) is 0. The molecule has 0 heterocycles. The van der Waals surface area contributed by atoms with Crippen molar-refractivity contribution in [2.75, 3.05) is 0 Å². The Bertz CT molecular complexity index is 276. The maximum atomic E-state index is 2.30. The van der Waals surface area contributed by atoms with E-state index in [1.807, 2.05) is 0 Å². The van der Waals surface area contributed by atoms with E-state index in [1.165, 1.54) is 49.7 Å². The van der Waals surface area contributed by atoms with Crippen LogP contribution in [-0.2, 0) is 0 Å². The largest absolute Gasteiger partial charge is 0.0845 e. The summed E-state index contributed by atoms with van der Waals surface area (Å²) in [4.78, 5) is 0. The topological polar surface area (TPSA) is 0 Å². The molecule has 84 valence electrons. The van der Waals surface area contributed by atoms with E-state index in [9.17, 15) is 0 Å². The van der Waals surface area contributed by atoms with Gasteiger partial charge >= 0.3 is 0 Å². The first-order valence-electron chi connectivity index (χ1n) is 6.22. The van der Waals surface area contributed by atoms with Crippen LogP contribution >= 0.6 is 0 Å². The highest BCUT2D eigenvalue weighted by atomic mass is 14.1. The van der Waals surface area contributed by atoms with Gasteiger partial charge in [0.05, 0.1) is 0 Å². The molecule has 0 atom stereocenters. The lowest BCUT2D eigenvalue weighted by Crippen LogP contribution is -1.89. The van der Waals surface area contributed by atoms with E-state index in [2.05, 4.69) is 39.0 Å². The van der Waals surface area contributed by atoms with Gasteiger partial charge in [0, 0.05) is 0 Å². The molecule has 1 aliphatic rings. The number of hydrogen-bond acceptors (Lipinski definition) is 0. The minimum absolute atomic E-state index is 1.24. The average molecular weight is 204 g/mol. The summed E-state index contributed by atoms with van der Waals surface area (Å²) in [6, 6.07) is 0. The van der Waals surface area contributed by atoms with E-state index in [-0.39, 0.29) is 0 Å². The Hall–Kier alpha value is -0.780. The van der Waals surface area contributed by atoms with Crippen molar-refractivity contribution >= 4 is 0 Å². The lowest BCUT2D eigenvalue weighted by atomic mass is 9.98. The van der Waals surface area contributed by atoms with Gasteiger partial charge in [-0.05, 0) is 57.6 Å². The molecule has 0 amide bonds. The van der Waals surface area contributed by atoms with Gasteiger partial charge in [0.2, 0.25) is 0 Å². The van der Waals surface area contributed by atoms with Crippen molar-refractivity contribution in [2.24, 2.45) is 0 Å². The Balaban J connectivity index is 2.77. The van der Waals surface area contributed by atoms with Gasteiger partial charge in [-0.15, -0.1) is 0 Å². The average Bonchev–Trinajstić information content (AvgIpc) is 2.23. The van der Waals surface area contributed by atoms with Crippen LogP contribution in [0.15, 0.2) is 34.9 Å². The van der Waals surface area contributed by atoms with Gasteiger partial charge < -0.3 is 0 Å². The van der Waals surface area contributed by atoms with Crippen molar-refractivity contribution in [2.45, 2.75) is 59.3 Å². The molecule has 0 aromatic heterocycles. The third-order valence-electron chi connectivity index (χ3n) is 3.39. The second-order valence-corrected chi connectivity index (χ2v) is 4.64. The molecule has 0 heteroatoms. The normalized spacial score (nSPS) is 31.0. The van der Waals surface area contributed by atoms with E-state index in [1.54, 1.807) is 5.57 Å². The molecule has 1 aliphatic carbocycles. The van der Waals surface area contributed by atoms with Crippen molar-refractivity contribution in [1.82, 2.24) is 0 Å². The van der Waals surface area contributed by atoms with Crippen LogP contribution in [0.25, 0.3) is 0 Å². The van der Waals surface area contributed by atoms with Crippen LogP contribution in [0.5, 0.6) is 0 Å². The van der Waals surface area contributed by atoms with Crippen molar-refractivity contribution in [1.29, 1.82) is 0 Å². The standard InChI is InChI=1S/C15H24/c1-13-11-9-7-5-4-6-8-10-12-14(2)15(13)3/h7,9,11H,4-6,8,10,12H2,1-3H3/b9-7-,13-11+,15-14-. The third kappa shape index (κ3) is 4.51. The van der Waals surface area contributed by atoms with Gasteiger partial charge in [0.1, 0.15) is 0 Å². The molecule has 0 nitrogen and oxygen atoms in total. The van der Waals surface area contributed by atoms with Crippen LogP contribution in [-0.4, -0.2) is 0 Å². The van der Waals surface area contributed by atoms with Gasteiger partial charge in [-0.3, -0.25) is 0 Å². The van der Waals surface area contributed by atoms with E-state index in [0.717, 1.165) is 0 Å². The molecule has 0 saturated carbocycles. The molecule has 0 spiro atoms. The van der Waals surface area contributed by atoms with Crippen molar-refractivity contribution in [3.63, 3.8) is 0 Å². The molecule has 15 heavy (non-hydrogen) atoms. The highest BCUT2D eigenvalue weighted by molar-refractivity contribution is 5.33. The van der Waals surface area contributed by atoms with Gasteiger partial charge in [-0.2, -0.15) is 0 Å². The molecule has 0 N–H and O–H groups in total. The predicted octanol–water partition coefficient (Wildman–Crippen LogP) is 5.18. The Morgan fingerprint density at radius 2 is 1.67 bits per heavy atom. The van der Waals surface area contributed by atoms with Crippen LogP contribution in [0.4, 0.5) is 0 Å². The molecule has 0 aromatic rings. The van der Waals surface area contributed by atoms with Gasteiger partial charge in [-0.25, -0.2) is 0 Å². The molecule has 0 bridgehead atoms. The van der Waals surface area contributed by atoms with Crippen LogP contribution in [0.1, 0.15) is 59.3 Å². The van der Waals surface area contributed by atoms with E-state index < -0.39 is 0 Å². The van der Waals surface area contributed by atoms with Crippen molar-refractivity contribution in [3.8, 4) is 0 Å². The maximum absolute atomic E-state index is 2.30. The zero-order valence-corrected chi connectivity index (χ0v) is 10.5. The number of allylic oxidation sites excluding steroid dienone is 6. The summed E-state index contributed by atoms with van der Waals surface area (Å²) in [6.45, 7) is 6.75. The van der Waals surface area contributed by atoms with Crippen LogP contribution in [0.3, 0.4) is 0 Å². The summed E-state index contributed by atoms with van der Waals surface area (Å²) < 4.78 is 0. The molecular weight excluding hydrogens is 180 g/mol. The monoisotopic (exact) mass is 204 g/mol. The Morgan fingerprint density at radius 3 is 2.47 bits per heavy atom. The summed E-state index contributed by atoms with van der Waals surface area (Å²) in [6.07, 6.45) is 14.8. The fraction of sp³-hybridized carbons (Fsp3) is 0.600. The molecule has 0 aliphatic heterocycles. The third-order valence-corrected chi connectivity index (χ3v) is 3.39.